The summed E-state index contributed by atoms with van der Waals surface area (Å²) in [6.07, 6.45) is 3.05. The van der Waals surface area contributed by atoms with Crippen molar-refractivity contribution in [3.63, 3.8) is 0 Å². The van der Waals surface area contributed by atoms with Gasteiger partial charge in [-0.15, -0.1) is 0 Å². The van der Waals surface area contributed by atoms with Crippen molar-refractivity contribution in [3.8, 4) is 0 Å². The first-order valence-electron chi connectivity index (χ1n) is 8.19. The Bertz CT molecular complexity index is 469. The summed E-state index contributed by atoms with van der Waals surface area (Å²) in [5, 5.41) is 3.56. The lowest BCUT2D eigenvalue weighted by Gasteiger charge is -2.28. The van der Waals surface area contributed by atoms with E-state index in [2.05, 4.69) is 43.1 Å². The van der Waals surface area contributed by atoms with E-state index < -0.39 is 5.54 Å². The van der Waals surface area contributed by atoms with Crippen LogP contribution in [0.25, 0.3) is 0 Å². The number of hydrogen-bond donors (Lipinski definition) is 1. The van der Waals surface area contributed by atoms with Gasteiger partial charge in [0.2, 0.25) is 5.91 Å². The number of carbonyl (C=O) groups is 1. The highest BCUT2D eigenvalue weighted by atomic mass is 16.2. The molecule has 1 saturated heterocycles. The third-order valence-corrected chi connectivity index (χ3v) is 4.93. The minimum absolute atomic E-state index is 0.00394. The smallest absolute Gasteiger partial charge is 0.244 e. The second-order valence-electron chi connectivity index (χ2n) is 6.28. The highest BCUT2D eigenvalue weighted by molar-refractivity contribution is 5.88. The van der Waals surface area contributed by atoms with Gasteiger partial charge in [0.25, 0.3) is 0 Å². The Morgan fingerprint density at radius 1 is 1.19 bits per heavy atom. The van der Waals surface area contributed by atoms with E-state index in [9.17, 15) is 4.79 Å². The number of nitrogens with zero attached hydrogens (tertiary/aromatic N) is 1. The molecule has 0 saturated carbocycles. The summed E-state index contributed by atoms with van der Waals surface area (Å²) in [5.41, 5.74) is 0.737. The average molecular weight is 288 g/mol. The van der Waals surface area contributed by atoms with E-state index in [0.29, 0.717) is 5.92 Å². The summed E-state index contributed by atoms with van der Waals surface area (Å²) in [7, 11) is 0. The lowest BCUT2D eigenvalue weighted by atomic mass is 9.98. The summed E-state index contributed by atoms with van der Waals surface area (Å²) in [6.45, 7) is 9.36. The lowest BCUT2D eigenvalue weighted by molar-refractivity contribution is -0.133. The van der Waals surface area contributed by atoms with Gasteiger partial charge >= 0.3 is 0 Å². The second kappa shape index (κ2) is 6.61. The van der Waals surface area contributed by atoms with Gasteiger partial charge < -0.3 is 4.90 Å². The van der Waals surface area contributed by atoms with E-state index in [0.717, 1.165) is 25.8 Å². The van der Waals surface area contributed by atoms with Crippen molar-refractivity contribution in [3.05, 3.63) is 35.9 Å². The van der Waals surface area contributed by atoms with Crippen LogP contribution < -0.4 is 5.32 Å². The standard InChI is InChI=1S/C18H28N2O/c1-5-14(6-2)13-20-16(15-11-9-8-10-12-15)19-18(4,7-3)17(20)21/h8-12,14,16,19H,5-7,13H2,1-4H3. The minimum Gasteiger partial charge on any atom is -0.321 e. The molecule has 2 unspecified atom stereocenters. The maximum atomic E-state index is 12.9. The van der Waals surface area contributed by atoms with E-state index in [4.69, 9.17) is 0 Å². The van der Waals surface area contributed by atoms with Crippen LogP contribution in [-0.4, -0.2) is 22.9 Å². The first-order valence-corrected chi connectivity index (χ1v) is 8.19. The van der Waals surface area contributed by atoms with Crippen LogP contribution in [-0.2, 0) is 4.79 Å². The fraction of sp³-hybridized carbons (Fsp3) is 0.611. The minimum atomic E-state index is -0.438. The SMILES string of the molecule is CCC(CC)CN1C(=O)C(C)(CC)NC1c1ccccc1. The van der Waals surface area contributed by atoms with Crippen LogP contribution in [0.5, 0.6) is 0 Å². The van der Waals surface area contributed by atoms with Gasteiger partial charge in [0.1, 0.15) is 6.17 Å². The van der Waals surface area contributed by atoms with Gasteiger partial charge in [0, 0.05) is 6.54 Å². The maximum absolute atomic E-state index is 12.9. The van der Waals surface area contributed by atoms with Crippen molar-refractivity contribution < 1.29 is 4.79 Å². The fourth-order valence-corrected chi connectivity index (χ4v) is 3.04. The summed E-state index contributed by atoms with van der Waals surface area (Å²) >= 11 is 0. The summed E-state index contributed by atoms with van der Waals surface area (Å²) < 4.78 is 0. The first-order chi connectivity index (χ1) is 10.1. The molecule has 116 valence electrons. The largest absolute Gasteiger partial charge is 0.321 e. The molecule has 1 amide bonds. The summed E-state index contributed by atoms with van der Waals surface area (Å²) in [4.78, 5) is 14.9. The molecule has 3 nitrogen and oxygen atoms in total. The van der Waals surface area contributed by atoms with Gasteiger partial charge in [-0.05, 0) is 24.8 Å². The monoisotopic (exact) mass is 288 g/mol. The van der Waals surface area contributed by atoms with Gasteiger partial charge in [-0.25, -0.2) is 0 Å². The summed E-state index contributed by atoms with van der Waals surface area (Å²) in [6, 6.07) is 10.3. The molecule has 1 N–H and O–H groups in total. The molecule has 1 heterocycles. The molecule has 3 heteroatoms. The molecule has 1 aromatic carbocycles. The molecule has 21 heavy (non-hydrogen) atoms. The molecule has 1 fully saturated rings. The molecule has 0 bridgehead atoms. The van der Waals surface area contributed by atoms with E-state index in [1.165, 1.54) is 5.56 Å². The normalized spacial score (nSPS) is 25.9. The number of nitrogens with one attached hydrogen (secondary N) is 1. The molecule has 1 aliphatic rings. The quantitative estimate of drug-likeness (QED) is 0.865. The Labute approximate surface area is 128 Å². The van der Waals surface area contributed by atoms with Crippen molar-refractivity contribution in [1.82, 2.24) is 10.2 Å². The number of hydrogen-bond acceptors (Lipinski definition) is 2. The number of benzene rings is 1. The third kappa shape index (κ3) is 3.13. The molecule has 1 aromatic rings. The van der Waals surface area contributed by atoms with Gasteiger partial charge in [0.15, 0.2) is 0 Å². The first kappa shape index (κ1) is 16.0. The molecule has 2 rings (SSSR count). The topological polar surface area (TPSA) is 32.3 Å². The van der Waals surface area contributed by atoms with Gasteiger partial charge in [-0.3, -0.25) is 10.1 Å². The van der Waals surface area contributed by atoms with E-state index in [1.54, 1.807) is 0 Å². The van der Waals surface area contributed by atoms with Crippen molar-refractivity contribution in [2.24, 2.45) is 5.92 Å². The van der Waals surface area contributed by atoms with Crippen LogP contribution in [0.15, 0.2) is 30.3 Å². The van der Waals surface area contributed by atoms with Crippen molar-refractivity contribution >= 4 is 5.91 Å². The summed E-state index contributed by atoms with van der Waals surface area (Å²) in [5.74, 6) is 0.812. The molecular formula is C18H28N2O. The van der Waals surface area contributed by atoms with Crippen LogP contribution in [0.4, 0.5) is 0 Å². The van der Waals surface area contributed by atoms with Gasteiger partial charge in [0.05, 0.1) is 5.54 Å². The number of rotatable bonds is 6. The molecular weight excluding hydrogens is 260 g/mol. The average Bonchev–Trinajstić information content (AvgIpc) is 2.78. The Kier molecular flexibility index (Phi) is 5.04. The van der Waals surface area contributed by atoms with Crippen LogP contribution in [0, 0.1) is 5.92 Å². The second-order valence-corrected chi connectivity index (χ2v) is 6.28. The zero-order valence-electron chi connectivity index (χ0n) is 13.7. The van der Waals surface area contributed by atoms with Crippen LogP contribution >= 0.6 is 0 Å². The fourth-order valence-electron chi connectivity index (χ4n) is 3.04. The zero-order chi connectivity index (χ0) is 15.5. The zero-order valence-corrected chi connectivity index (χ0v) is 13.7. The highest BCUT2D eigenvalue weighted by Crippen LogP contribution is 2.33. The van der Waals surface area contributed by atoms with Gasteiger partial charge in [-0.2, -0.15) is 0 Å². The molecule has 0 radical (unpaired) electrons. The molecule has 1 aliphatic heterocycles. The molecule has 0 aromatic heterocycles. The number of carbonyl (C=O) groups excluding carboxylic acids is 1. The lowest BCUT2D eigenvalue weighted by Crippen LogP contribution is -2.43. The van der Waals surface area contributed by atoms with E-state index in [1.807, 2.05) is 25.1 Å². The molecule has 0 aliphatic carbocycles. The van der Waals surface area contributed by atoms with Crippen molar-refractivity contribution in [2.75, 3.05) is 6.54 Å². The number of amides is 1. The Balaban J connectivity index is 2.30. The van der Waals surface area contributed by atoms with Crippen LogP contribution in [0.1, 0.15) is 58.7 Å². The van der Waals surface area contributed by atoms with E-state index in [-0.39, 0.29) is 12.1 Å². The predicted octanol–water partition coefficient (Wildman–Crippen LogP) is 3.72. The predicted molar refractivity (Wildman–Crippen MR) is 86.8 cm³/mol. The van der Waals surface area contributed by atoms with Crippen LogP contribution in [0.3, 0.4) is 0 Å². The highest BCUT2D eigenvalue weighted by Gasteiger charge is 2.47. The van der Waals surface area contributed by atoms with Gasteiger partial charge in [-0.1, -0.05) is 63.9 Å². The maximum Gasteiger partial charge on any atom is 0.244 e. The third-order valence-electron chi connectivity index (χ3n) is 4.93. The molecule has 2 atom stereocenters. The van der Waals surface area contributed by atoms with Crippen LogP contribution in [0.2, 0.25) is 0 Å². The Morgan fingerprint density at radius 2 is 1.81 bits per heavy atom. The van der Waals surface area contributed by atoms with E-state index >= 15 is 0 Å². The Morgan fingerprint density at radius 3 is 2.33 bits per heavy atom. The molecule has 0 spiro atoms. The van der Waals surface area contributed by atoms with Crippen molar-refractivity contribution in [1.29, 1.82) is 0 Å². The van der Waals surface area contributed by atoms with Crippen molar-refractivity contribution in [2.45, 2.75) is 58.7 Å². The Hall–Kier alpha value is -1.35.